The maximum Gasteiger partial charge on any atom is 0.00642 e. The molecule has 12 heavy (non-hydrogen) atoms. The molecule has 1 heteroatoms. The second-order valence-electron chi connectivity index (χ2n) is 5.20. The largest absolute Gasteiger partial charge is 0.317 e. The van der Waals surface area contributed by atoms with Crippen LogP contribution in [0.15, 0.2) is 0 Å². The molecule has 1 aliphatic carbocycles. The summed E-state index contributed by atoms with van der Waals surface area (Å²) >= 11 is 0. The van der Waals surface area contributed by atoms with Crippen molar-refractivity contribution in [2.75, 3.05) is 7.05 Å². The monoisotopic (exact) mass is 169 g/mol. The van der Waals surface area contributed by atoms with E-state index in [1.54, 1.807) is 0 Å². The first kappa shape index (κ1) is 10.0. The van der Waals surface area contributed by atoms with E-state index >= 15 is 0 Å². The van der Waals surface area contributed by atoms with E-state index in [-0.39, 0.29) is 0 Å². The van der Waals surface area contributed by atoms with E-state index in [1.807, 2.05) is 0 Å². The molecule has 0 spiro atoms. The predicted molar refractivity (Wildman–Crippen MR) is 54.3 cm³/mol. The molecular formula is C11H23N. The Bertz CT molecular complexity index is 126. The fourth-order valence-corrected chi connectivity index (χ4v) is 2.25. The van der Waals surface area contributed by atoms with Crippen molar-refractivity contribution in [1.29, 1.82) is 0 Å². The van der Waals surface area contributed by atoms with Crippen LogP contribution < -0.4 is 5.32 Å². The summed E-state index contributed by atoms with van der Waals surface area (Å²) in [5, 5.41) is 3.38. The number of rotatable bonds is 1. The lowest BCUT2D eigenvalue weighted by Gasteiger charge is -2.36. The van der Waals surface area contributed by atoms with Crippen molar-refractivity contribution in [2.24, 2.45) is 11.3 Å². The van der Waals surface area contributed by atoms with Gasteiger partial charge in [0.15, 0.2) is 0 Å². The third-order valence-corrected chi connectivity index (χ3v) is 3.36. The third kappa shape index (κ3) is 2.48. The molecule has 0 saturated heterocycles. The summed E-state index contributed by atoms with van der Waals surface area (Å²) in [7, 11) is 2.09. The fraction of sp³-hybridized carbons (Fsp3) is 1.00. The first-order chi connectivity index (χ1) is 5.54. The van der Waals surface area contributed by atoms with E-state index in [0.717, 1.165) is 12.0 Å². The highest BCUT2D eigenvalue weighted by Crippen LogP contribution is 2.37. The molecule has 0 aliphatic heterocycles. The zero-order valence-electron chi connectivity index (χ0n) is 8.98. The van der Waals surface area contributed by atoms with Gasteiger partial charge in [-0.2, -0.15) is 0 Å². The average molecular weight is 169 g/mol. The standard InChI is InChI=1S/C11H23N/c1-11(2,3)9-5-7-10(12-4)8-6-9/h9-10,12H,5-8H2,1-4H3. The van der Waals surface area contributed by atoms with Gasteiger partial charge in [-0.05, 0) is 44.1 Å². The van der Waals surface area contributed by atoms with Gasteiger partial charge < -0.3 is 5.32 Å². The minimum Gasteiger partial charge on any atom is -0.317 e. The van der Waals surface area contributed by atoms with Crippen LogP contribution in [0, 0.1) is 11.3 Å². The van der Waals surface area contributed by atoms with Gasteiger partial charge in [0.05, 0.1) is 0 Å². The van der Waals surface area contributed by atoms with E-state index < -0.39 is 0 Å². The summed E-state index contributed by atoms with van der Waals surface area (Å²) in [4.78, 5) is 0. The minimum absolute atomic E-state index is 0.526. The van der Waals surface area contributed by atoms with Crippen LogP contribution in [0.2, 0.25) is 0 Å². The summed E-state index contributed by atoms with van der Waals surface area (Å²) in [6.07, 6.45) is 5.57. The van der Waals surface area contributed by atoms with Gasteiger partial charge in [0.25, 0.3) is 0 Å². The van der Waals surface area contributed by atoms with Crippen molar-refractivity contribution in [1.82, 2.24) is 5.32 Å². The molecule has 1 N–H and O–H groups in total. The van der Waals surface area contributed by atoms with Gasteiger partial charge in [0, 0.05) is 6.04 Å². The number of hydrogen-bond acceptors (Lipinski definition) is 1. The normalized spacial score (nSPS) is 32.0. The predicted octanol–water partition coefficient (Wildman–Crippen LogP) is 2.81. The van der Waals surface area contributed by atoms with Crippen molar-refractivity contribution in [3.05, 3.63) is 0 Å². The SMILES string of the molecule is CNC1CCC(C(C)(C)C)CC1. The van der Waals surface area contributed by atoms with E-state index in [2.05, 4.69) is 33.1 Å². The summed E-state index contributed by atoms with van der Waals surface area (Å²) < 4.78 is 0. The van der Waals surface area contributed by atoms with E-state index in [4.69, 9.17) is 0 Å². The Morgan fingerprint density at radius 3 is 1.83 bits per heavy atom. The van der Waals surface area contributed by atoms with Crippen molar-refractivity contribution in [3.63, 3.8) is 0 Å². The van der Waals surface area contributed by atoms with Crippen molar-refractivity contribution in [2.45, 2.75) is 52.5 Å². The maximum absolute atomic E-state index is 3.38. The van der Waals surface area contributed by atoms with Crippen molar-refractivity contribution >= 4 is 0 Å². The van der Waals surface area contributed by atoms with Crippen molar-refractivity contribution in [3.8, 4) is 0 Å². The Labute approximate surface area is 76.9 Å². The molecule has 0 aromatic heterocycles. The second kappa shape index (κ2) is 3.78. The summed E-state index contributed by atoms with van der Waals surface area (Å²) in [6.45, 7) is 7.12. The highest BCUT2D eigenvalue weighted by Gasteiger charge is 2.28. The van der Waals surface area contributed by atoms with Crippen LogP contribution >= 0.6 is 0 Å². The van der Waals surface area contributed by atoms with Crippen LogP contribution in [0.1, 0.15) is 46.5 Å². The zero-order chi connectivity index (χ0) is 9.19. The van der Waals surface area contributed by atoms with Gasteiger partial charge in [-0.1, -0.05) is 20.8 Å². The lowest BCUT2D eigenvalue weighted by Crippen LogP contribution is -2.34. The molecule has 0 unspecified atom stereocenters. The molecule has 1 aliphatic rings. The lowest BCUT2D eigenvalue weighted by molar-refractivity contribution is 0.162. The Morgan fingerprint density at radius 1 is 1.00 bits per heavy atom. The quantitative estimate of drug-likeness (QED) is 0.636. The van der Waals surface area contributed by atoms with Gasteiger partial charge in [-0.15, -0.1) is 0 Å². The first-order valence-electron chi connectivity index (χ1n) is 5.21. The Morgan fingerprint density at radius 2 is 1.50 bits per heavy atom. The molecule has 1 nitrogen and oxygen atoms in total. The second-order valence-corrected chi connectivity index (χ2v) is 5.20. The molecule has 0 atom stereocenters. The van der Waals surface area contributed by atoms with Gasteiger partial charge in [0.1, 0.15) is 0 Å². The summed E-state index contributed by atoms with van der Waals surface area (Å²) in [5.74, 6) is 0.946. The average Bonchev–Trinajstić information content (AvgIpc) is 2.03. The fourth-order valence-electron chi connectivity index (χ4n) is 2.25. The zero-order valence-corrected chi connectivity index (χ0v) is 8.98. The molecular weight excluding hydrogens is 146 g/mol. The highest BCUT2D eigenvalue weighted by molar-refractivity contribution is 4.82. The molecule has 0 heterocycles. The van der Waals surface area contributed by atoms with Crippen LogP contribution in [0.25, 0.3) is 0 Å². The topological polar surface area (TPSA) is 12.0 Å². The van der Waals surface area contributed by atoms with Crippen LogP contribution in [-0.4, -0.2) is 13.1 Å². The Hall–Kier alpha value is -0.0400. The highest BCUT2D eigenvalue weighted by atomic mass is 14.9. The smallest absolute Gasteiger partial charge is 0.00642 e. The Kier molecular flexibility index (Phi) is 3.16. The lowest BCUT2D eigenvalue weighted by atomic mass is 9.71. The van der Waals surface area contributed by atoms with Gasteiger partial charge >= 0.3 is 0 Å². The molecule has 0 aromatic carbocycles. The molecule has 0 aromatic rings. The van der Waals surface area contributed by atoms with E-state index in [1.165, 1.54) is 25.7 Å². The van der Waals surface area contributed by atoms with Crippen LogP contribution in [0.5, 0.6) is 0 Å². The first-order valence-corrected chi connectivity index (χ1v) is 5.21. The van der Waals surface area contributed by atoms with E-state index in [0.29, 0.717) is 5.41 Å². The maximum atomic E-state index is 3.38. The van der Waals surface area contributed by atoms with E-state index in [9.17, 15) is 0 Å². The minimum atomic E-state index is 0.526. The molecule has 1 fully saturated rings. The molecule has 1 rings (SSSR count). The molecule has 0 radical (unpaired) electrons. The Balaban J connectivity index is 2.36. The summed E-state index contributed by atoms with van der Waals surface area (Å²) in [5.41, 5.74) is 0.526. The molecule has 72 valence electrons. The van der Waals surface area contributed by atoms with Gasteiger partial charge in [0.2, 0.25) is 0 Å². The van der Waals surface area contributed by atoms with Gasteiger partial charge in [-0.3, -0.25) is 0 Å². The van der Waals surface area contributed by atoms with Crippen LogP contribution in [0.4, 0.5) is 0 Å². The van der Waals surface area contributed by atoms with Crippen LogP contribution in [-0.2, 0) is 0 Å². The van der Waals surface area contributed by atoms with Crippen molar-refractivity contribution < 1.29 is 0 Å². The molecule has 1 saturated carbocycles. The van der Waals surface area contributed by atoms with Crippen LogP contribution in [0.3, 0.4) is 0 Å². The molecule has 0 amide bonds. The third-order valence-electron chi connectivity index (χ3n) is 3.36. The molecule has 0 bridgehead atoms. The number of nitrogens with one attached hydrogen (secondary N) is 1. The van der Waals surface area contributed by atoms with Gasteiger partial charge in [-0.25, -0.2) is 0 Å². The number of hydrogen-bond donors (Lipinski definition) is 1. The summed E-state index contributed by atoms with van der Waals surface area (Å²) in [6, 6.07) is 0.795.